The minimum Gasteiger partial charge on any atom is -0.497 e. The Hall–Kier alpha value is -2.77. The molecule has 1 aromatic carbocycles. The first kappa shape index (κ1) is 16.6. The molecule has 23 heavy (non-hydrogen) atoms. The van der Waals surface area contributed by atoms with Gasteiger partial charge in [0.05, 0.1) is 13.7 Å². The summed E-state index contributed by atoms with van der Waals surface area (Å²) in [4.78, 5) is 37.8. The van der Waals surface area contributed by atoms with Crippen LogP contribution in [0.25, 0.3) is 0 Å². The molecular formula is C15H20N4O4. The first-order valence-electron chi connectivity index (χ1n) is 7.26. The maximum absolute atomic E-state index is 12.3. The summed E-state index contributed by atoms with van der Waals surface area (Å²) < 4.78 is 5.10. The van der Waals surface area contributed by atoms with Crippen LogP contribution in [0, 0.1) is 0 Å². The van der Waals surface area contributed by atoms with Crippen molar-refractivity contribution in [2.75, 3.05) is 38.2 Å². The predicted molar refractivity (Wildman–Crippen MR) is 84.1 cm³/mol. The molecule has 0 aromatic heterocycles. The average Bonchev–Trinajstić information content (AvgIpc) is 2.97. The number of nitrogens with two attached hydrogens (primary N) is 1. The van der Waals surface area contributed by atoms with Crippen LogP contribution in [-0.4, -0.2) is 56.0 Å². The van der Waals surface area contributed by atoms with E-state index in [9.17, 15) is 14.4 Å². The molecule has 1 aliphatic heterocycles. The monoisotopic (exact) mass is 320 g/mol. The van der Waals surface area contributed by atoms with Gasteiger partial charge in [-0.05, 0) is 24.3 Å². The molecule has 1 aliphatic rings. The Bertz CT molecular complexity index is 588. The van der Waals surface area contributed by atoms with Crippen molar-refractivity contribution in [3.63, 3.8) is 0 Å². The van der Waals surface area contributed by atoms with Gasteiger partial charge < -0.3 is 20.7 Å². The molecule has 124 valence electrons. The second-order valence-corrected chi connectivity index (χ2v) is 5.11. The van der Waals surface area contributed by atoms with E-state index in [1.165, 1.54) is 4.90 Å². The van der Waals surface area contributed by atoms with Gasteiger partial charge in [-0.2, -0.15) is 0 Å². The highest BCUT2D eigenvalue weighted by atomic mass is 16.5. The van der Waals surface area contributed by atoms with Crippen molar-refractivity contribution in [3.8, 4) is 5.75 Å². The van der Waals surface area contributed by atoms with Crippen molar-refractivity contribution in [3.05, 3.63) is 24.3 Å². The van der Waals surface area contributed by atoms with Gasteiger partial charge in [-0.25, -0.2) is 4.79 Å². The second kappa shape index (κ2) is 7.48. The number of primary amides is 1. The Kier molecular flexibility index (Phi) is 5.40. The van der Waals surface area contributed by atoms with Crippen LogP contribution in [-0.2, 0) is 9.59 Å². The van der Waals surface area contributed by atoms with Gasteiger partial charge in [0.1, 0.15) is 5.75 Å². The lowest BCUT2D eigenvalue weighted by molar-refractivity contribution is -0.126. The lowest BCUT2D eigenvalue weighted by Crippen LogP contribution is -2.43. The van der Waals surface area contributed by atoms with Gasteiger partial charge in [0.25, 0.3) is 0 Å². The summed E-state index contributed by atoms with van der Waals surface area (Å²) in [5.41, 5.74) is 5.94. The van der Waals surface area contributed by atoms with Crippen molar-refractivity contribution in [2.24, 2.45) is 5.73 Å². The van der Waals surface area contributed by atoms with Crippen LogP contribution in [0.4, 0.5) is 10.5 Å². The van der Waals surface area contributed by atoms with Crippen LogP contribution >= 0.6 is 0 Å². The molecule has 1 saturated heterocycles. The van der Waals surface area contributed by atoms with Gasteiger partial charge >= 0.3 is 6.03 Å². The number of anilines is 1. The third kappa shape index (κ3) is 4.35. The predicted octanol–water partition coefficient (Wildman–Crippen LogP) is -0.0712. The summed E-state index contributed by atoms with van der Waals surface area (Å²) in [5.74, 6) is -0.0796. The van der Waals surface area contributed by atoms with E-state index in [2.05, 4.69) is 5.32 Å². The summed E-state index contributed by atoms with van der Waals surface area (Å²) in [7, 11) is 1.56. The molecule has 8 heteroatoms. The zero-order chi connectivity index (χ0) is 16.8. The first-order chi connectivity index (χ1) is 11.0. The molecule has 0 unspecified atom stereocenters. The fourth-order valence-electron chi connectivity index (χ4n) is 2.30. The number of urea groups is 1. The average molecular weight is 320 g/mol. The van der Waals surface area contributed by atoms with E-state index in [0.717, 1.165) is 5.69 Å². The van der Waals surface area contributed by atoms with Crippen LogP contribution in [0.15, 0.2) is 24.3 Å². The highest BCUT2D eigenvalue weighted by Gasteiger charge is 2.27. The highest BCUT2D eigenvalue weighted by Crippen LogP contribution is 2.19. The van der Waals surface area contributed by atoms with E-state index in [1.807, 2.05) is 0 Å². The zero-order valence-corrected chi connectivity index (χ0v) is 12.9. The van der Waals surface area contributed by atoms with E-state index >= 15 is 0 Å². The first-order valence-corrected chi connectivity index (χ1v) is 7.26. The third-order valence-corrected chi connectivity index (χ3v) is 3.55. The summed E-state index contributed by atoms with van der Waals surface area (Å²) in [5, 5.41) is 2.59. The summed E-state index contributed by atoms with van der Waals surface area (Å²) in [6, 6.07) is 6.72. The normalized spacial score (nSPS) is 13.6. The highest BCUT2D eigenvalue weighted by molar-refractivity contribution is 5.97. The molecule has 2 rings (SSSR count). The van der Waals surface area contributed by atoms with Crippen LogP contribution in [0.3, 0.4) is 0 Å². The van der Waals surface area contributed by atoms with Crippen molar-refractivity contribution < 1.29 is 19.1 Å². The van der Waals surface area contributed by atoms with E-state index in [4.69, 9.17) is 10.5 Å². The number of carbonyl (C=O) groups excluding carboxylic acids is 3. The number of hydrogen-bond donors (Lipinski definition) is 2. The fourth-order valence-corrected chi connectivity index (χ4v) is 2.30. The van der Waals surface area contributed by atoms with Crippen molar-refractivity contribution in [1.29, 1.82) is 0 Å². The number of ether oxygens (including phenoxy) is 1. The lowest BCUT2D eigenvalue weighted by atomic mass is 10.2. The van der Waals surface area contributed by atoms with E-state index in [-0.39, 0.29) is 24.9 Å². The van der Waals surface area contributed by atoms with Crippen LogP contribution in [0.5, 0.6) is 5.75 Å². The Labute approximate surface area is 134 Å². The minimum absolute atomic E-state index is 0.00692. The van der Waals surface area contributed by atoms with Crippen LogP contribution in [0.2, 0.25) is 0 Å². The molecule has 1 heterocycles. The number of amides is 4. The molecule has 3 N–H and O–H groups in total. The van der Waals surface area contributed by atoms with Crippen molar-refractivity contribution in [1.82, 2.24) is 10.2 Å². The molecule has 0 bridgehead atoms. The summed E-state index contributed by atoms with van der Waals surface area (Å²) in [6.07, 6.45) is 0.117. The number of nitrogens with zero attached hydrogens (tertiary/aromatic N) is 2. The molecule has 8 nitrogen and oxygen atoms in total. The molecule has 0 atom stereocenters. The van der Waals surface area contributed by atoms with Gasteiger partial charge in [-0.3, -0.25) is 14.5 Å². The Morgan fingerprint density at radius 2 is 2.04 bits per heavy atom. The molecule has 0 spiro atoms. The number of imide groups is 1. The topological polar surface area (TPSA) is 105 Å². The number of rotatable bonds is 7. The van der Waals surface area contributed by atoms with Gasteiger partial charge in [0, 0.05) is 31.7 Å². The second-order valence-electron chi connectivity index (χ2n) is 5.11. The molecular weight excluding hydrogens is 300 g/mol. The largest absolute Gasteiger partial charge is 0.497 e. The molecule has 0 saturated carbocycles. The number of benzene rings is 1. The lowest BCUT2D eigenvalue weighted by Gasteiger charge is -2.25. The molecule has 1 fully saturated rings. The fraction of sp³-hybridized carbons (Fsp3) is 0.400. The Morgan fingerprint density at radius 3 is 2.57 bits per heavy atom. The number of carbonyl (C=O) groups is 3. The molecule has 1 aromatic rings. The van der Waals surface area contributed by atoms with Gasteiger partial charge in [-0.1, -0.05) is 0 Å². The molecule has 0 aliphatic carbocycles. The third-order valence-electron chi connectivity index (χ3n) is 3.55. The number of methoxy groups -OCH3 is 1. The van der Waals surface area contributed by atoms with Crippen LogP contribution < -0.4 is 20.7 Å². The number of nitrogens with one attached hydrogen (secondary N) is 1. The van der Waals surface area contributed by atoms with Crippen molar-refractivity contribution in [2.45, 2.75) is 6.42 Å². The number of hydrogen-bond acceptors (Lipinski definition) is 5. The standard InChI is InChI=1S/C15H20N4O4/c1-23-12-4-2-11(3-5-12)18(8-6-13(16)20)10-14(21)19-9-7-17-15(19)22/h2-5H,6-10H2,1H3,(H2,16,20)(H,17,22). The maximum atomic E-state index is 12.3. The summed E-state index contributed by atoms with van der Waals surface area (Å²) in [6.45, 7) is 1.09. The molecule has 4 amide bonds. The minimum atomic E-state index is -0.449. The van der Waals surface area contributed by atoms with Gasteiger partial charge in [-0.15, -0.1) is 0 Å². The zero-order valence-electron chi connectivity index (χ0n) is 12.9. The molecule has 0 radical (unpaired) electrons. The van der Waals surface area contributed by atoms with E-state index < -0.39 is 5.91 Å². The Morgan fingerprint density at radius 1 is 1.35 bits per heavy atom. The van der Waals surface area contributed by atoms with E-state index in [1.54, 1.807) is 36.3 Å². The van der Waals surface area contributed by atoms with Crippen LogP contribution in [0.1, 0.15) is 6.42 Å². The smallest absolute Gasteiger partial charge is 0.324 e. The summed E-state index contributed by atoms with van der Waals surface area (Å²) >= 11 is 0. The quantitative estimate of drug-likeness (QED) is 0.731. The van der Waals surface area contributed by atoms with E-state index in [0.29, 0.717) is 25.4 Å². The maximum Gasteiger partial charge on any atom is 0.324 e. The SMILES string of the molecule is COc1ccc(N(CCC(N)=O)CC(=O)N2CCNC2=O)cc1. The van der Waals surface area contributed by atoms with Crippen molar-refractivity contribution >= 4 is 23.5 Å². The Balaban J connectivity index is 2.10. The van der Waals surface area contributed by atoms with Gasteiger partial charge in [0.2, 0.25) is 11.8 Å². The van der Waals surface area contributed by atoms with Gasteiger partial charge in [0.15, 0.2) is 0 Å².